The number of fused-ring (bicyclic) bond motifs is 1. The molecule has 1 aliphatic heterocycles. The van der Waals surface area contributed by atoms with Gasteiger partial charge in [0.05, 0.1) is 5.54 Å². The summed E-state index contributed by atoms with van der Waals surface area (Å²) in [5.74, 6) is -1.23. The summed E-state index contributed by atoms with van der Waals surface area (Å²) in [7, 11) is 0. The first-order valence-electron chi connectivity index (χ1n) is 8.65. The van der Waals surface area contributed by atoms with Crippen LogP contribution in [-0.4, -0.2) is 16.1 Å². The van der Waals surface area contributed by atoms with Crippen molar-refractivity contribution in [2.45, 2.75) is 25.9 Å². The van der Waals surface area contributed by atoms with E-state index in [9.17, 15) is 13.2 Å². The molecule has 2 heterocycles. The Bertz CT molecular complexity index is 1040. The van der Waals surface area contributed by atoms with Crippen molar-refractivity contribution in [3.05, 3.63) is 59.7 Å². The number of nitrogens with two attached hydrogens (primary N) is 1. The van der Waals surface area contributed by atoms with Gasteiger partial charge in [0.1, 0.15) is 23.2 Å². The molecule has 27 heavy (non-hydrogen) atoms. The van der Waals surface area contributed by atoms with E-state index in [1.54, 1.807) is 12.1 Å². The second-order valence-corrected chi connectivity index (χ2v) is 7.20. The van der Waals surface area contributed by atoms with E-state index in [1.807, 2.05) is 18.4 Å². The molecule has 0 spiro atoms. The number of anilines is 1. The molecular formula is C20H19F3N4. The lowest BCUT2D eigenvalue weighted by Gasteiger charge is -2.31. The van der Waals surface area contributed by atoms with Crippen molar-refractivity contribution in [1.82, 2.24) is 14.9 Å². The van der Waals surface area contributed by atoms with Crippen LogP contribution in [0.4, 0.5) is 19.0 Å². The average Bonchev–Trinajstić information content (AvgIpc) is 2.96. The fraction of sp³-hybridized carbons (Fsp3) is 0.250. The van der Waals surface area contributed by atoms with E-state index in [0.717, 1.165) is 24.5 Å². The van der Waals surface area contributed by atoms with Gasteiger partial charge in [-0.1, -0.05) is 6.07 Å². The lowest BCUT2D eigenvalue weighted by atomic mass is 10.0. The summed E-state index contributed by atoms with van der Waals surface area (Å²) in [4.78, 5) is 4.69. The van der Waals surface area contributed by atoms with Gasteiger partial charge in [0.25, 0.3) is 0 Å². The monoisotopic (exact) mass is 372 g/mol. The lowest BCUT2D eigenvalue weighted by molar-refractivity contribution is 0.318. The van der Waals surface area contributed by atoms with Crippen molar-refractivity contribution in [3.8, 4) is 22.4 Å². The van der Waals surface area contributed by atoms with Crippen LogP contribution in [0.3, 0.4) is 0 Å². The number of hydrogen-bond acceptors (Lipinski definition) is 3. The molecule has 2 aromatic carbocycles. The number of benzene rings is 2. The number of nitrogens with one attached hydrogen (secondary N) is 1. The Morgan fingerprint density at radius 3 is 2.41 bits per heavy atom. The molecule has 0 bridgehead atoms. The summed E-state index contributed by atoms with van der Waals surface area (Å²) in [5.41, 5.74) is 7.55. The van der Waals surface area contributed by atoms with Gasteiger partial charge >= 0.3 is 0 Å². The van der Waals surface area contributed by atoms with E-state index in [1.165, 1.54) is 12.1 Å². The third-order valence-corrected chi connectivity index (χ3v) is 4.94. The summed E-state index contributed by atoms with van der Waals surface area (Å²) in [6, 6.07) is 7.74. The molecular weight excluding hydrogens is 353 g/mol. The minimum absolute atomic E-state index is 0.161. The number of rotatable bonds is 2. The molecule has 0 unspecified atom stereocenters. The normalized spacial score (nSPS) is 15.6. The number of nitrogen functional groups attached to an aromatic ring is 1. The van der Waals surface area contributed by atoms with E-state index < -0.39 is 17.5 Å². The summed E-state index contributed by atoms with van der Waals surface area (Å²) >= 11 is 0. The molecule has 1 aromatic heterocycles. The van der Waals surface area contributed by atoms with E-state index in [0.29, 0.717) is 23.6 Å². The van der Waals surface area contributed by atoms with E-state index in [4.69, 9.17) is 5.73 Å². The first-order valence-corrected chi connectivity index (χ1v) is 8.65. The Hall–Kier alpha value is -2.80. The molecule has 140 valence electrons. The molecule has 4 rings (SSSR count). The summed E-state index contributed by atoms with van der Waals surface area (Å²) in [5, 5.41) is 3.39. The fourth-order valence-corrected chi connectivity index (χ4v) is 3.50. The Morgan fingerprint density at radius 2 is 1.70 bits per heavy atom. The number of aromatic nitrogens is 2. The molecule has 0 aliphatic carbocycles. The molecule has 4 nitrogen and oxygen atoms in total. The minimum Gasteiger partial charge on any atom is -0.383 e. The third-order valence-electron chi connectivity index (χ3n) is 4.94. The van der Waals surface area contributed by atoms with Crippen LogP contribution >= 0.6 is 0 Å². The maximum absolute atomic E-state index is 14.4. The number of hydrogen-bond donors (Lipinski definition) is 2. The highest BCUT2D eigenvalue weighted by Gasteiger charge is 2.32. The number of nitrogens with zero attached hydrogens (tertiary/aromatic N) is 2. The minimum atomic E-state index is -1.03. The highest BCUT2D eigenvalue weighted by atomic mass is 19.2. The molecule has 7 heteroatoms. The van der Waals surface area contributed by atoms with Crippen LogP contribution in [0, 0.1) is 17.5 Å². The molecule has 3 aromatic rings. The van der Waals surface area contributed by atoms with Gasteiger partial charge in [-0.15, -0.1) is 0 Å². The molecule has 0 saturated carbocycles. The fourth-order valence-electron chi connectivity index (χ4n) is 3.50. The molecule has 0 fully saturated rings. The van der Waals surface area contributed by atoms with Crippen molar-refractivity contribution in [3.63, 3.8) is 0 Å². The van der Waals surface area contributed by atoms with Gasteiger partial charge in [-0.3, -0.25) is 0 Å². The van der Waals surface area contributed by atoms with Crippen molar-refractivity contribution >= 4 is 5.82 Å². The number of imidazole rings is 1. The first kappa shape index (κ1) is 17.6. The smallest absolute Gasteiger partial charge is 0.159 e. The maximum atomic E-state index is 14.4. The Morgan fingerprint density at radius 1 is 1.00 bits per heavy atom. The summed E-state index contributed by atoms with van der Waals surface area (Å²) < 4.78 is 43.1. The second-order valence-electron chi connectivity index (χ2n) is 7.20. The van der Waals surface area contributed by atoms with E-state index >= 15 is 0 Å². The maximum Gasteiger partial charge on any atom is 0.159 e. The van der Waals surface area contributed by atoms with E-state index in [2.05, 4.69) is 10.3 Å². The average molecular weight is 372 g/mol. The summed E-state index contributed by atoms with van der Waals surface area (Å²) in [6.07, 6.45) is 0. The van der Waals surface area contributed by atoms with Crippen molar-refractivity contribution in [2.24, 2.45) is 0 Å². The van der Waals surface area contributed by atoms with Gasteiger partial charge in [-0.2, -0.15) is 0 Å². The van der Waals surface area contributed by atoms with E-state index in [-0.39, 0.29) is 16.7 Å². The highest BCUT2D eigenvalue weighted by Crippen LogP contribution is 2.35. The molecule has 0 saturated heterocycles. The Labute approximate surface area is 154 Å². The molecule has 0 amide bonds. The highest BCUT2D eigenvalue weighted by molar-refractivity contribution is 5.77. The van der Waals surface area contributed by atoms with Gasteiger partial charge < -0.3 is 15.6 Å². The Balaban J connectivity index is 1.85. The van der Waals surface area contributed by atoms with Gasteiger partial charge in [0.2, 0.25) is 0 Å². The van der Waals surface area contributed by atoms with Crippen LogP contribution < -0.4 is 11.1 Å². The Kier molecular flexibility index (Phi) is 3.99. The predicted octanol–water partition coefficient (Wildman–Crippen LogP) is 4.05. The lowest BCUT2D eigenvalue weighted by Crippen LogP contribution is -2.45. The SMILES string of the molecule is CC1(C)NCCn2c1nc(-c1ccc(F)c(-c3ccc(F)c(F)c3)c1)c2N. The number of halogens is 3. The van der Waals surface area contributed by atoms with Crippen LogP contribution in [0.25, 0.3) is 22.4 Å². The van der Waals surface area contributed by atoms with Crippen molar-refractivity contribution in [2.75, 3.05) is 12.3 Å². The molecule has 0 radical (unpaired) electrons. The zero-order valence-electron chi connectivity index (χ0n) is 15.0. The van der Waals surface area contributed by atoms with Crippen LogP contribution in [0.5, 0.6) is 0 Å². The topological polar surface area (TPSA) is 55.9 Å². The van der Waals surface area contributed by atoms with Crippen LogP contribution in [0.15, 0.2) is 36.4 Å². The standard InChI is InChI=1S/C20H19F3N4/c1-20(2)19-26-17(18(24)27(19)8-7-25-20)12-4-5-14(21)13(9-12)11-3-6-15(22)16(23)10-11/h3-6,9-10,25H,7-8,24H2,1-2H3. The van der Waals surface area contributed by atoms with Gasteiger partial charge in [0, 0.05) is 24.2 Å². The van der Waals surface area contributed by atoms with Crippen LogP contribution in [0.2, 0.25) is 0 Å². The largest absolute Gasteiger partial charge is 0.383 e. The van der Waals surface area contributed by atoms with Gasteiger partial charge in [-0.05, 0) is 49.7 Å². The predicted molar refractivity (Wildman–Crippen MR) is 98.4 cm³/mol. The first-order chi connectivity index (χ1) is 12.8. The summed E-state index contributed by atoms with van der Waals surface area (Å²) in [6.45, 7) is 5.50. The quantitative estimate of drug-likeness (QED) is 0.713. The second kappa shape index (κ2) is 6.13. The van der Waals surface area contributed by atoms with Crippen molar-refractivity contribution < 1.29 is 13.2 Å². The van der Waals surface area contributed by atoms with Gasteiger partial charge in [0.15, 0.2) is 11.6 Å². The molecule has 1 aliphatic rings. The zero-order valence-corrected chi connectivity index (χ0v) is 15.0. The molecule has 3 N–H and O–H groups in total. The van der Waals surface area contributed by atoms with Crippen LogP contribution in [-0.2, 0) is 12.1 Å². The van der Waals surface area contributed by atoms with Crippen LogP contribution in [0.1, 0.15) is 19.7 Å². The third kappa shape index (κ3) is 2.88. The molecule has 0 atom stereocenters. The van der Waals surface area contributed by atoms with Gasteiger partial charge in [-0.25, -0.2) is 18.2 Å². The zero-order chi connectivity index (χ0) is 19.3. The van der Waals surface area contributed by atoms with Crippen molar-refractivity contribution in [1.29, 1.82) is 0 Å².